The fourth-order valence-electron chi connectivity index (χ4n) is 2.45. The van der Waals surface area contributed by atoms with E-state index in [4.69, 9.17) is 9.31 Å². The van der Waals surface area contributed by atoms with Gasteiger partial charge in [0.15, 0.2) is 11.5 Å². The van der Waals surface area contributed by atoms with Gasteiger partial charge < -0.3 is 23.9 Å². The van der Waals surface area contributed by atoms with E-state index in [0.717, 1.165) is 0 Å². The van der Waals surface area contributed by atoms with Crippen LogP contribution in [0.5, 0.6) is 11.5 Å². The van der Waals surface area contributed by atoms with Gasteiger partial charge in [-0.2, -0.15) is 0 Å². The second-order valence-corrected chi connectivity index (χ2v) is 6.84. The highest BCUT2D eigenvalue weighted by atomic mass is 19.3. The quantitative estimate of drug-likeness (QED) is 0.858. The van der Waals surface area contributed by atoms with Crippen LogP contribution in [-0.4, -0.2) is 36.3 Å². The largest absolute Gasteiger partial charge is 0.586 e. The van der Waals surface area contributed by atoms with E-state index in [1.807, 2.05) is 27.7 Å². The normalized spacial score (nSPS) is 23.6. The van der Waals surface area contributed by atoms with E-state index >= 15 is 0 Å². The van der Waals surface area contributed by atoms with Crippen molar-refractivity contribution in [1.82, 2.24) is 0 Å². The van der Waals surface area contributed by atoms with Gasteiger partial charge in [-0.05, 0) is 50.9 Å². The SMILES string of the molecule is CC1(C)OB(C(=Cc2ccc3c(c2)OC(F)(F)O3)CO)OC1(C)C. The molecule has 2 aliphatic rings. The predicted octanol–water partition coefficient (Wildman–Crippen LogP) is 3.02. The molecule has 1 fully saturated rings. The molecule has 5 nitrogen and oxygen atoms in total. The number of hydrogen-bond donors (Lipinski definition) is 1. The standard InChI is InChI=1S/C16H19BF2O5/c1-14(2)15(3,4)24-17(23-14)11(9-20)7-10-5-6-12-13(8-10)22-16(18,19)21-12/h5-8,20H,9H2,1-4H3. The van der Waals surface area contributed by atoms with Crippen LogP contribution in [0.15, 0.2) is 23.7 Å². The number of ether oxygens (including phenoxy) is 2. The van der Waals surface area contributed by atoms with Gasteiger partial charge in [-0.1, -0.05) is 12.1 Å². The summed E-state index contributed by atoms with van der Waals surface area (Å²) in [5.41, 5.74) is -0.0285. The van der Waals surface area contributed by atoms with Crippen LogP contribution >= 0.6 is 0 Å². The smallest absolute Gasteiger partial charge is 0.400 e. The molecule has 0 aliphatic carbocycles. The molecule has 24 heavy (non-hydrogen) atoms. The Labute approximate surface area is 139 Å². The highest BCUT2D eigenvalue weighted by molar-refractivity contribution is 6.55. The van der Waals surface area contributed by atoms with Crippen molar-refractivity contribution in [3.05, 3.63) is 29.2 Å². The lowest BCUT2D eigenvalue weighted by Crippen LogP contribution is -2.41. The topological polar surface area (TPSA) is 57.2 Å². The third-order valence-electron chi connectivity index (χ3n) is 4.52. The van der Waals surface area contributed by atoms with Crippen molar-refractivity contribution in [2.45, 2.75) is 45.2 Å². The van der Waals surface area contributed by atoms with Crippen LogP contribution in [0.3, 0.4) is 0 Å². The van der Waals surface area contributed by atoms with Gasteiger partial charge in [-0.15, -0.1) is 8.78 Å². The molecule has 1 saturated heterocycles. The maximum Gasteiger partial charge on any atom is 0.586 e. The molecule has 0 atom stereocenters. The van der Waals surface area contributed by atoms with Crippen LogP contribution in [0.4, 0.5) is 8.78 Å². The average Bonchev–Trinajstić information content (AvgIpc) is 2.86. The Hall–Kier alpha value is -1.64. The highest BCUT2D eigenvalue weighted by Crippen LogP contribution is 2.42. The first-order chi connectivity index (χ1) is 11.0. The number of fused-ring (bicyclic) bond motifs is 1. The van der Waals surface area contributed by atoms with Gasteiger partial charge in [-0.25, -0.2) is 0 Å². The van der Waals surface area contributed by atoms with E-state index in [1.54, 1.807) is 12.1 Å². The van der Waals surface area contributed by atoms with Gasteiger partial charge in [-0.3, -0.25) is 0 Å². The van der Waals surface area contributed by atoms with Gasteiger partial charge in [0.05, 0.1) is 17.8 Å². The maximum absolute atomic E-state index is 13.1. The Morgan fingerprint density at radius 3 is 2.25 bits per heavy atom. The Morgan fingerprint density at radius 1 is 1.08 bits per heavy atom. The van der Waals surface area contributed by atoms with E-state index in [9.17, 15) is 13.9 Å². The molecule has 2 heterocycles. The zero-order chi connectivity index (χ0) is 17.8. The summed E-state index contributed by atoms with van der Waals surface area (Å²) in [6, 6.07) is 4.39. The minimum atomic E-state index is -3.66. The van der Waals surface area contributed by atoms with Crippen molar-refractivity contribution in [3.63, 3.8) is 0 Å². The first-order valence-electron chi connectivity index (χ1n) is 7.60. The zero-order valence-electron chi connectivity index (χ0n) is 13.9. The average molecular weight is 340 g/mol. The first-order valence-corrected chi connectivity index (χ1v) is 7.60. The van der Waals surface area contributed by atoms with Crippen molar-refractivity contribution in [1.29, 1.82) is 0 Å². The van der Waals surface area contributed by atoms with Gasteiger partial charge in [0, 0.05) is 0 Å². The zero-order valence-corrected chi connectivity index (χ0v) is 13.9. The van der Waals surface area contributed by atoms with E-state index in [0.29, 0.717) is 11.0 Å². The molecule has 8 heteroatoms. The Morgan fingerprint density at radius 2 is 1.67 bits per heavy atom. The number of halogens is 2. The minimum Gasteiger partial charge on any atom is -0.400 e. The molecular weight excluding hydrogens is 321 g/mol. The number of benzene rings is 1. The highest BCUT2D eigenvalue weighted by Gasteiger charge is 2.52. The molecule has 0 aromatic heterocycles. The Bertz CT molecular complexity index is 671. The summed E-state index contributed by atoms with van der Waals surface area (Å²) in [4.78, 5) is 0. The lowest BCUT2D eigenvalue weighted by molar-refractivity contribution is -0.286. The van der Waals surface area contributed by atoms with Crippen LogP contribution in [0.2, 0.25) is 0 Å². The third-order valence-corrected chi connectivity index (χ3v) is 4.52. The monoisotopic (exact) mass is 340 g/mol. The summed E-state index contributed by atoms with van der Waals surface area (Å²) in [7, 11) is -0.716. The lowest BCUT2D eigenvalue weighted by atomic mass is 9.77. The summed E-state index contributed by atoms with van der Waals surface area (Å²) in [6.45, 7) is 7.34. The third kappa shape index (κ3) is 3.01. The molecule has 0 bridgehead atoms. The number of hydrogen-bond acceptors (Lipinski definition) is 5. The lowest BCUT2D eigenvalue weighted by Gasteiger charge is -2.32. The maximum atomic E-state index is 13.1. The number of aliphatic hydroxyl groups excluding tert-OH is 1. The van der Waals surface area contributed by atoms with Crippen LogP contribution < -0.4 is 9.47 Å². The first kappa shape index (κ1) is 17.2. The molecule has 1 aromatic rings. The van der Waals surface area contributed by atoms with Crippen LogP contribution in [0.25, 0.3) is 6.08 Å². The molecular formula is C16H19BF2O5. The Kier molecular flexibility index (Phi) is 3.90. The van der Waals surface area contributed by atoms with Crippen molar-refractivity contribution in [3.8, 4) is 11.5 Å². The number of alkyl halides is 2. The summed E-state index contributed by atoms with van der Waals surface area (Å²) in [6.07, 6.45) is -2.03. The molecule has 3 rings (SSSR count). The van der Waals surface area contributed by atoms with E-state index in [2.05, 4.69) is 9.47 Å². The van der Waals surface area contributed by atoms with Gasteiger partial charge in [0.2, 0.25) is 0 Å². The summed E-state index contributed by atoms with van der Waals surface area (Å²) in [5.74, 6) is -0.0849. The molecule has 1 N–H and O–H groups in total. The van der Waals surface area contributed by atoms with E-state index < -0.39 is 24.6 Å². The van der Waals surface area contributed by atoms with Crippen LogP contribution in [0.1, 0.15) is 33.3 Å². The Balaban J connectivity index is 1.85. The number of rotatable bonds is 3. The summed E-state index contributed by atoms with van der Waals surface area (Å²) in [5, 5.41) is 9.66. The minimum absolute atomic E-state index is 0.0293. The van der Waals surface area contributed by atoms with Crippen molar-refractivity contribution in [2.75, 3.05) is 6.61 Å². The predicted molar refractivity (Wildman–Crippen MR) is 83.8 cm³/mol. The van der Waals surface area contributed by atoms with Crippen LogP contribution in [-0.2, 0) is 9.31 Å². The molecule has 0 saturated carbocycles. The summed E-state index contributed by atoms with van der Waals surface area (Å²) >= 11 is 0. The second kappa shape index (κ2) is 5.44. The van der Waals surface area contributed by atoms with Gasteiger partial charge in [0.1, 0.15) is 0 Å². The molecule has 130 valence electrons. The van der Waals surface area contributed by atoms with E-state index in [1.165, 1.54) is 12.1 Å². The molecule has 0 radical (unpaired) electrons. The molecule has 1 aromatic carbocycles. The fraction of sp³-hybridized carbons (Fsp3) is 0.500. The van der Waals surface area contributed by atoms with Crippen molar-refractivity contribution in [2.24, 2.45) is 0 Å². The van der Waals surface area contributed by atoms with Gasteiger partial charge in [0.25, 0.3) is 0 Å². The molecule has 0 spiro atoms. The van der Waals surface area contributed by atoms with E-state index in [-0.39, 0.29) is 18.1 Å². The van der Waals surface area contributed by atoms with Crippen molar-refractivity contribution >= 4 is 13.2 Å². The molecule has 0 unspecified atom stereocenters. The van der Waals surface area contributed by atoms with Crippen LogP contribution in [0, 0.1) is 0 Å². The van der Waals surface area contributed by atoms with Crippen molar-refractivity contribution < 1.29 is 32.7 Å². The van der Waals surface area contributed by atoms with Gasteiger partial charge >= 0.3 is 13.4 Å². The number of aliphatic hydroxyl groups is 1. The fourth-order valence-corrected chi connectivity index (χ4v) is 2.45. The molecule has 2 aliphatic heterocycles. The second-order valence-electron chi connectivity index (χ2n) is 6.84. The molecule has 0 amide bonds. The summed E-state index contributed by atoms with van der Waals surface area (Å²) < 4.78 is 46.7.